The molecular weight excluding hydrogens is 286 g/mol. The van der Waals surface area contributed by atoms with Crippen LogP contribution in [0, 0.1) is 6.92 Å². The molecule has 3 heteroatoms. The molecule has 0 aromatic heterocycles. The lowest BCUT2D eigenvalue weighted by Crippen LogP contribution is -2.39. The van der Waals surface area contributed by atoms with Crippen LogP contribution in [0.3, 0.4) is 0 Å². The zero-order chi connectivity index (χ0) is 16.0. The van der Waals surface area contributed by atoms with Crippen LogP contribution in [0.2, 0.25) is 0 Å². The van der Waals surface area contributed by atoms with E-state index in [-0.39, 0.29) is 0 Å². The minimum absolute atomic E-state index is 0.475. The van der Waals surface area contributed by atoms with Crippen LogP contribution in [0.5, 0.6) is 11.5 Å². The van der Waals surface area contributed by atoms with Crippen LogP contribution < -0.4 is 9.47 Å². The fourth-order valence-electron chi connectivity index (χ4n) is 4.04. The van der Waals surface area contributed by atoms with Crippen molar-refractivity contribution >= 4 is 0 Å². The fraction of sp³-hybridized carbons (Fsp3) is 0.400. The molecule has 3 nitrogen and oxygen atoms in total. The van der Waals surface area contributed by atoms with Gasteiger partial charge in [0, 0.05) is 19.1 Å². The number of methoxy groups -OCH3 is 2. The van der Waals surface area contributed by atoms with E-state index in [1.165, 1.54) is 27.8 Å². The van der Waals surface area contributed by atoms with Crippen molar-refractivity contribution in [1.82, 2.24) is 4.90 Å². The Bertz CT molecular complexity index is 754. The minimum atomic E-state index is 0.475. The van der Waals surface area contributed by atoms with Crippen molar-refractivity contribution in [3.05, 3.63) is 58.1 Å². The van der Waals surface area contributed by atoms with Gasteiger partial charge in [-0.3, -0.25) is 4.90 Å². The maximum absolute atomic E-state index is 5.50. The largest absolute Gasteiger partial charge is 0.497 e. The van der Waals surface area contributed by atoms with Gasteiger partial charge in [0.2, 0.25) is 0 Å². The maximum Gasteiger partial charge on any atom is 0.122 e. The highest BCUT2D eigenvalue weighted by molar-refractivity contribution is 5.47. The molecule has 2 aliphatic rings. The van der Waals surface area contributed by atoms with Gasteiger partial charge < -0.3 is 9.47 Å². The predicted octanol–water partition coefficient (Wildman–Crippen LogP) is 3.67. The molecular formula is C20H23NO2. The molecule has 2 aromatic carbocycles. The highest BCUT2D eigenvalue weighted by atomic mass is 16.5. The van der Waals surface area contributed by atoms with Crippen molar-refractivity contribution in [3.8, 4) is 11.5 Å². The summed E-state index contributed by atoms with van der Waals surface area (Å²) in [6.45, 7) is 4.29. The Hall–Kier alpha value is -2.00. The molecule has 0 fully saturated rings. The summed E-state index contributed by atoms with van der Waals surface area (Å²) in [5.74, 6) is 1.97. The second-order valence-electron chi connectivity index (χ2n) is 6.60. The van der Waals surface area contributed by atoms with Gasteiger partial charge in [-0.25, -0.2) is 0 Å². The minimum Gasteiger partial charge on any atom is -0.497 e. The number of aryl methyl sites for hydroxylation is 1. The molecule has 4 rings (SSSR count). The molecule has 0 saturated heterocycles. The highest BCUT2D eigenvalue weighted by Gasteiger charge is 2.32. The van der Waals surface area contributed by atoms with E-state index < -0.39 is 0 Å². The van der Waals surface area contributed by atoms with E-state index in [0.29, 0.717) is 6.04 Å². The van der Waals surface area contributed by atoms with Crippen LogP contribution in [0.4, 0.5) is 0 Å². The predicted molar refractivity (Wildman–Crippen MR) is 91.3 cm³/mol. The van der Waals surface area contributed by atoms with E-state index >= 15 is 0 Å². The van der Waals surface area contributed by atoms with E-state index in [2.05, 4.69) is 42.2 Å². The van der Waals surface area contributed by atoms with E-state index in [4.69, 9.17) is 9.47 Å². The lowest BCUT2D eigenvalue weighted by Gasteiger charge is -2.41. The third kappa shape index (κ3) is 2.40. The quantitative estimate of drug-likeness (QED) is 0.845. The summed E-state index contributed by atoms with van der Waals surface area (Å²) in [5.41, 5.74) is 7.01. The molecule has 0 radical (unpaired) electrons. The SMILES string of the molecule is COc1ccc2c(c1)C[C@H]1c3cc(C)c(OC)cc3CCN1C2. The molecule has 2 aliphatic heterocycles. The Labute approximate surface area is 137 Å². The summed E-state index contributed by atoms with van der Waals surface area (Å²) in [6, 6.07) is 11.5. The molecule has 120 valence electrons. The average molecular weight is 309 g/mol. The topological polar surface area (TPSA) is 21.7 Å². The molecule has 0 aliphatic carbocycles. The standard InChI is InChI=1S/C20H23NO2/c1-13-8-18-14(11-20(13)23-3)6-7-21-12-15-4-5-17(22-2)9-16(15)10-19(18)21/h4-5,8-9,11,19H,6-7,10,12H2,1-3H3/t19-/m0/s1. The summed E-state index contributed by atoms with van der Waals surface area (Å²) in [6.07, 6.45) is 2.17. The van der Waals surface area contributed by atoms with E-state index in [1.54, 1.807) is 14.2 Å². The molecule has 23 heavy (non-hydrogen) atoms. The summed E-state index contributed by atoms with van der Waals surface area (Å²) in [5, 5.41) is 0. The third-order valence-electron chi connectivity index (χ3n) is 5.32. The Morgan fingerprint density at radius 1 is 1.00 bits per heavy atom. The lowest BCUT2D eigenvalue weighted by atomic mass is 9.83. The summed E-state index contributed by atoms with van der Waals surface area (Å²) >= 11 is 0. The first-order valence-electron chi connectivity index (χ1n) is 8.27. The number of hydrogen-bond acceptors (Lipinski definition) is 3. The summed E-state index contributed by atoms with van der Waals surface area (Å²) < 4.78 is 10.9. The van der Waals surface area contributed by atoms with Crippen LogP contribution >= 0.6 is 0 Å². The second kappa shape index (κ2) is 5.57. The van der Waals surface area contributed by atoms with Crippen LogP contribution in [-0.4, -0.2) is 25.7 Å². The van der Waals surface area contributed by atoms with Crippen molar-refractivity contribution in [1.29, 1.82) is 0 Å². The Morgan fingerprint density at radius 2 is 1.87 bits per heavy atom. The van der Waals surface area contributed by atoms with Gasteiger partial charge in [0.25, 0.3) is 0 Å². The monoisotopic (exact) mass is 309 g/mol. The van der Waals surface area contributed by atoms with Crippen LogP contribution in [0.15, 0.2) is 30.3 Å². The van der Waals surface area contributed by atoms with Gasteiger partial charge in [0.05, 0.1) is 14.2 Å². The number of fused-ring (bicyclic) bond motifs is 4. The zero-order valence-electron chi connectivity index (χ0n) is 14.1. The molecule has 2 aromatic rings. The van der Waals surface area contributed by atoms with Crippen molar-refractivity contribution in [2.24, 2.45) is 0 Å². The van der Waals surface area contributed by atoms with Crippen molar-refractivity contribution in [3.63, 3.8) is 0 Å². The first kappa shape index (κ1) is 14.6. The van der Waals surface area contributed by atoms with Crippen LogP contribution in [0.25, 0.3) is 0 Å². The molecule has 0 amide bonds. The van der Waals surface area contributed by atoms with Crippen molar-refractivity contribution in [2.75, 3.05) is 20.8 Å². The molecule has 0 saturated carbocycles. The van der Waals surface area contributed by atoms with E-state index in [9.17, 15) is 0 Å². The number of benzene rings is 2. The zero-order valence-corrected chi connectivity index (χ0v) is 14.1. The first-order chi connectivity index (χ1) is 11.2. The first-order valence-corrected chi connectivity index (χ1v) is 8.27. The Kier molecular flexibility index (Phi) is 3.53. The van der Waals surface area contributed by atoms with Gasteiger partial charge in [-0.15, -0.1) is 0 Å². The molecule has 0 N–H and O–H groups in total. The van der Waals surface area contributed by atoms with Gasteiger partial charge in [-0.2, -0.15) is 0 Å². The molecule has 0 bridgehead atoms. The Morgan fingerprint density at radius 3 is 2.65 bits per heavy atom. The molecule has 2 heterocycles. The van der Waals surface area contributed by atoms with E-state index in [0.717, 1.165) is 37.4 Å². The lowest BCUT2D eigenvalue weighted by molar-refractivity contribution is 0.160. The number of hydrogen-bond donors (Lipinski definition) is 0. The fourth-order valence-corrected chi connectivity index (χ4v) is 4.04. The van der Waals surface area contributed by atoms with Gasteiger partial charge in [-0.1, -0.05) is 12.1 Å². The maximum atomic E-state index is 5.50. The third-order valence-corrected chi connectivity index (χ3v) is 5.32. The van der Waals surface area contributed by atoms with Crippen LogP contribution in [0.1, 0.15) is 33.9 Å². The average Bonchev–Trinajstić information content (AvgIpc) is 2.59. The molecule has 0 unspecified atom stereocenters. The summed E-state index contributed by atoms with van der Waals surface area (Å²) in [7, 11) is 3.50. The van der Waals surface area contributed by atoms with Gasteiger partial charge in [-0.05, 0) is 65.8 Å². The summed E-state index contributed by atoms with van der Waals surface area (Å²) in [4.78, 5) is 2.61. The second-order valence-corrected chi connectivity index (χ2v) is 6.60. The number of rotatable bonds is 2. The Balaban J connectivity index is 1.74. The van der Waals surface area contributed by atoms with Crippen molar-refractivity contribution in [2.45, 2.75) is 32.4 Å². The van der Waals surface area contributed by atoms with Gasteiger partial charge >= 0.3 is 0 Å². The molecule has 1 atom stereocenters. The van der Waals surface area contributed by atoms with Crippen molar-refractivity contribution < 1.29 is 9.47 Å². The molecule has 0 spiro atoms. The number of nitrogens with zero attached hydrogens (tertiary/aromatic N) is 1. The normalized spacial score (nSPS) is 19.5. The van der Waals surface area contributed by atoms with Gasteiger partial charge in [0.15, 0.2) is 0 Å². The van der Waals surface area contributed by atoms with E-state index in [1.807, 2.05) is 0 Å². The smallest absolute Gasteiger partial charge is 0.122 e. The highest BCUT2D eigenvalue weighted by Crippen LogP contribution is 2.40. The van der Waals surface area contributed by atoms with Crippen LogP contribution in [-0.2, 0) is 19.4 Å². The number of ether oxygens (including phenoxy) is 2. The van der Waals surface area contributed by atoms with Gasteiger partial charge in [0.1, 0.15) is 11.5 Å².